The average Bonchev–Trinajstić information content (AvgIpc) is 2.25. The van der Waals surface area contributed by atoms with Crippen LogP contribution in [0, 0.1) is 11.7 Å². The Morgan fingerprint density at radius 3 is 2.35 bits per heavy atom. The van der Waals surface area contributed by atoms with E-state index in [2.05, 4.69) is 5.32 Å². The number of carbonyl (C=O) groups excluding carboxylic acids is 2. The number of halogens is 2. The van der Waals surface area contributed by atoms with E-state index in [-0.39, 0.29) is 11.5 Å². The molecule has 0 spiro atoms. The molecular formula is C12H13ClFNO2. The molecule has 0 fully saturated rings. The zero-order chi connectivity index (χ0) is 13.0. The smallest absolute Gasteiger partial charge is 0.254 e. The van der Waals surface area contributed by atoms with Gasteiger partial charge >= 0.3 is 0 Å². The molecule has 1 atom stereocenters. The van der Waals surface area contributed by atoms with Crippen LogP contribution in [-0.4, -0.2) is 17.2 Å². The number of amides is 1. The molecule has 5 heteroatoms. The molecule has 3 nitrogen and oxygen atoms in total. The number of nitrogens with one attached hydrogen (secondary N) is 1. The van der Waals surface area contributed by atoms with E-state index in [1.807, 2.05) is 0 Å². The predicted molar refractivity (Wildman–Crippen MR) is 63.4 cm³/mol. The highest BCUT2D eigenvalue weighted by Crippen LogP contribution is 2.10. The Morgan fingerprint density at radius 2 is 1.88 bits per heavy atom. The maximum atomic E-state index is 13.3. The summed E-state index contributed by atoms with van der Waals surface area (Å²) in [6.07, 6.45) is 0. The fourth-order valence-electron chi connectivity index (χ4n) is 1.35. The van der Waals surface area contributed by atoms with Crippen molar-refractivity contribution in [1.29, 1.82) is 0 Å². The highest BCUT2D eigenvalue weighted by Gasteiger charge is 2.23. The first-order valence-corrected chi connectivity index (χ1v) is 5.56. The minimum Gasteiger partial charge on any atom is -0.341 e. The van der Waals surface area contributed by atoms with Crippen molar-refractivity contribution in [3.05, 3.63) is 35.6 Å². The van der Waals surface area contributed by atoms with Crippen LogP contribution in [0.15, 0.2) is 24.3 Å². The first-order valence-electron chi connectivity index (χ1n) is 5.18. The maximum Gasteiger partial charge on any atom is 0.254 e. The second kappa shape index (κ2) is 5.77. The maximum absolute atomic E-state index is 13.3. The zero-order valence-electron chi connectivity index (χ0n) is 9.54. The standard InChI is InChI=1S/C12H13ClFNO2/c1-7(2)10(11(13)16)15-12(17)8-5-3-4-6-9(8)14/h3-7,10H,1-2H3,(H,15,17). The van der Waals surface area contributed by atoms with Crippen LogP contribution in [0.4, 0.5) is 4.39 Å². The molecule has 0 saturated heterocycles. The van der Waals surface area contributed by atoms with Gasteiger partial charge in [-0.25, -0.2) is 4.39 Å². The molecular weight excluding hydrogens is 245 g/mol. The van der Waals surface area contributed by atoms with E-state index >= 15 is 0 Å². The summed E-state index contributed by atoms with van der Waals surface area (Å²) in [6.45, 7) is 3.49. The Hall–Kier alpha value is -1.42. The molecule has 0 aromatic heterocycles. The molecule has 1 aromatic rings. The minimum atomic E-state index is -0.816. The monoisotopic (exact) mass is 257 g/mol. The van der Waals surface area contributed by atoms with Crippen molar-refractivity contribution < 1.29 is 14.0 Å². The number of hydrogen-bond donors (Lipinski definition) is 1. The van der Waals surface area contributed by atoms with Gasteiger partial charge in [-0.15, -0.1) is 0 Å². The molecule has 1 N–H and O–H groups in total. The summed E-state index contributed by atoms with van der Waals surface area (Å²) >= 11 is 5.36. The van der Waals surface area contributed by atoms with Crippen LogP contribution >= 0.6 is 11.6 Å². The Kier molecular flexibility index (Phi) is 4.63. The number of hydrogen-bond acceptors (Lipinski definition) is 2. The third-order valence-corrected chi connectivity index (χ3v) is 2.55. The van der Waals surface area contributed by atoms with Crippen molar-refractivity contribution >= 4 is 22.8 Å². The van der Waals surface area contributed by atoms with E-state index in [9.17, 15) is 14.0 Å². The van der Waals surface area contributed by atoms with E-state index in [0.717, 1.165) is 0 Å². The predicted octanol–water partition coefficient (Wildman–Crippen LogP) is 2.35. The van der Waals surface area contributed by atoms with E-state index in [1.54, 1.807) is 19.9 Å². The summed E-state index contributed by atoms with van der Waals surface area (Å²) < 4.78 is 13.3. The van der Waals surface area contributed by atoms with Crippen molar-refractivity contribution in [1.82, 2.24) is 5.32 Å². The summed E-state index contributed by atoms with van der Waals surface area (Å²) in [5.41, 5.74) is -0.101. The van der Waals surface area contributed by atoms with Crippen molar-refractivity contribution in [2.75, 3.05) is 0 Å². The lowest BCUT2D eigenvalue weighted by molar-refractivity contribution is -0.114. The number of carbonyl (C=O) groups is 2. The average molecular weight is 258 g/mol. The molecule has 1 aromatic carbocycles. The second-order valence-corrected chi connectivity index (χ2v) is 4.35. The van der Waals surface area contributed by atoms with Crippen LogP contribution in [0.2, 0.25) is 0 Å². The van der Waals surface area contributed by atoms with Gasteiger partial charge in [-0.1, -0.05) is 26.0 Å². The van der Waals surface area contributed by atoms with Crippen LogP contribution in [0.5, 0.6) is 0 Å². The van der Waals surface area contributed by atoms with Gasteiger partial charge in [0.05, 0.1) is 5.56 Å². The third kappa shape index (κ3) is 3.53. The van der Waals surface area contributed by atoms with Crippen LogP contribution in [-0.2, 0) is 4.79 Å². The van der Waals surface area contributed by atoms with Crippen LogP contribution in [0.3, 0.4) is 0 Å². The molecule has 0 aliphatic heterocycles. The van der Waals surface area contributed by atoms with E-state index < -0.39 is 23.0 Å². The summed E-state index contributed by atoms with van der Waals surface area (Å²) in [5.74, 6) is -1.43. The zero-order valence-corrected chi connectivity index (χ0v) is 10.3. The molecule has 0 heterocycles. The van der Waals surface area contributed by atoms with Gasteiger partial charge in [0.25, 0.3) is 5.91 Å². The first-order chi connectivity index (χ1) is 7.93. The Morgan fingerprint density at radius 1 is 1.29 bits per heavy atom. The van der Waals surface area contributed by atoms with Crippen molar-refractivity contribution in [2.24, 2.45) is 5.92 Å². The topological polar surface area (TPSA) is 46.2 Å². The molecule has 92 valence electrons. The lowest BCUT2D eigenvalue weighted by atomic mass is 10.1. The van der Waals surface area contributed by atoms with E-state index in [1.165, 1.54) is 18.2 Å². The summed E-state index contributed by atoms with van der Waals surface area (Å²) in [5, 5.41) is 1.75. The van der Waals surface area contributed by atoms with Gasteiger partial charge in [0.1, 0.15) is 11.9 Å². The number of benzene rings is 1. The van der Waals surface area contributed by atoms with Crippen LogP contribution in [0.1, 0.15) is 24.2 Å². The lowest BCUT2D eigenvalue weighted by Gasteiger charge is -2.18. The van der Waals surface area contributed by atoms with Crippen molar-refractivity contribution in [2.45, 2.75) is 19.9 Å². The van der Waals surface area contributed by atoms with Gasteiger partial charge < -0.3 is 5.32 Å². The molecule has 1 unspecified atom stereocenters. The van der Waals surface area contributed by atoms with Crippen LogP contribution < -0.4 is 5.32 Å². The SMILES string of the molecule is CC(C)C(NC(=O)c1ccccc1F)C(=O)Cl. The van der Waals surface area contributed by atoms with Gasteiger partial charge in [-0.2, -0.15) is 0 Å². The van der Waals surface area contributed by atoms with Crippen LogP contribution in [0.25, 0.3) is 0 Å². The first kappa shape index (κ1) is 13.6. The fraction of sp³-hybridized carbons (Fsp3) is 0.333. The molecule has 0 radical (unpaired) electrons. The van der Waals surface area contributed by atoms with Crippen molar-refractivity contribution in [3.63, 3.8) is 0 Å². The summed E-state index contributed by atoms with van der Waals surface area (Å²) in [6, 6.07) is 4.75. The summed E-state index contributed by atoms with van der Waals surface area (Å²) in [4.78, 5) is 22.8. The Bertz CT molecular complexity index is 434. The normalized spacial score (nSPS) is 12.3. The second-order valence-electron chi connectivity index (χ2n) is 3.98. The van der Waals surface area contributed by atoms with Gasteiger partial charge in [-0.3, -0.25) is 9.59 Å². The molecule has 1 rings (SSSR count). The number of rotatable bonds is 4. The van der Waals surface area contributed by atoms with Gasteiger partial charge in [0.2, 0.25) is 5.24 Å². The van der Waals surface area contributed by atoms with Gasteiger partial charge in [-0.05, 0) is 29.7 Å². The Balaban J connectivity index is 2.85. The Labute approximate surface area is 104 Å². The van der Waals surface area contributed by atoms with Gasteiger partial charge in [0, 0.05) is 0 Å². The quantitative estimate of drug-likeness (QED) is 0.842. The third-order valence-electron chi connectivity index (χ3n) is 2.32. The van der Waals surface area contributed by atoms with Gasteiger partial charge in [0.15, 0.2) is 0 Å². The van der Waals surface area contributed by atoms with Crippen molar-refractivity contribution in [3.8, 4) is 0 Å². The fourth-order valence-corrected chi connectivity index (χ4v) is 1.66. The molecule has 0 saturated carbocycles. The minimum absolute atomic E-state index is 0.101. The molecule has 1 amide bonds. The van der Waals surface area contributed by atoms with E-state index in [4.69, 9.17) is 11.6 Å². The summed E-state index contributed by atoms with van der Waals surface area (Å²) in [7, 11) is 0. The van der Waals surface area contributed by atoms with E-state index in [0.29, 0.717) is 0 Å². The highest BCUT2D eigenvalue weighted by molar-refractivity contribution is 6.64. The molecule has 0 aliphatic rings. The molecule has 17 heavy (non-hydrogen) atoms. The molecule has 0 aliphatic carbocycles. The lowest BCUT2D eigenvalue weighted by Crippen LogP contribution is -2.42. The largest absolute Gasteiger partial charge is 0.341 e. The molecule has 0 bridgehead atoms. The highest BCUT2D eigenvalue weighted by atomic mass is 35.5.